The van der Waals surface area contributed by atoms with Crippen LogP contribution in [0.5, 0.6) is 0 Å². The lowest BCUT2D eigenvalue weighted by Gasteiger charge is -2.12. The Kier molecular flexibility index (Phi) is 4.91. The topological polar surface area (TPSA) is 30.0 Å². The Morgan fingerprint density at radius 3 is 2.40 bits per heavy atom. The Bertz CT molecular complexity index is 944. The molecule has 3 aromatic rings. The zero-order valence-corrected chi connectivity index (χ0v) is 15.8. The van der Waals surface area contributed by atoms with Crippen LogP contribution in [0, 0.1) is 13.8 Å². The molecule has 0 N–H and O–H groups in total. The van der Waals surface area contributed by atoms with E-state index in [4.69, 9.17) is 16.6 Å². The first-order valence-corrected chi connectivity index (χ1v) is 9.00. The predicted octanol–water partition coefficient (Wildman–Crippen LogP) is 6.41. The first-order valence-electron chi connectivity index (χ1n) is 8.63. The fourth-order valence-corrected chi connectivity index (χ4v) is 3.37. The number of aromatic nitrogens is 1. The summed E-state index contributed by atoms with van der Waals surface area (Å²) >= 11 is 5.87. The van der Waals surface area contributed by atoms with Crippen molar-refractivity contribution < 1.29 is 4.79 Å². The van der Waals surface area contributed by atoms with E-state index in [0.29, 0.717) is 11.5 Å². The van der Waals surface area contributed by atoms with Crippen molar-refractivity contribution in [2.45, 2.75) is 40.0 Å². The normalized spacial score (nSPS) is 12.4. The predicted molar refractivity (Wildman–Crippen MR) is 106 cm³/mol. The molecular formula is C22H22ClNO. The second-order valence-corrected chi connectivity index (χ2v) is 7.08. The van der Waals surface area contributed by atoms with Gasteiger partial charge in [-0.1, -0.05) is 49.7 Å². The van der Waals surface area contributed by atoms with Crippen LogP contribution < -0.4 is 0 Å². The monoisotopic (exact) mass is 351 g/mol. The van der Waals surface area contributed by atoms with Crippen molar-refractivity contribution >= 4 is 27.7 Å². The van der Waals surface area contributed by atoms with Crippen LogP contribution in [-0.2, 0) is 0 Å². The first kappa shape index (κ1) is 17.6. The number of halogens is 1. The van der Waals surface area contributed by atoms with Crippen LogP contribution in [-0.4, -0.2) is 10.2 Å². The highest BCUT2D eigenvalue weighted by Crippen LogP contribution is 2.30. The van der Waals surface area contributed by atoms with Gasteiger partial charge in [0.25, 0.3) is 5.24 Å². The summed E-state index contributed by atoms with van der Waals surface area (Å²) in [5, 5.41) is 0.368. The van der Waals surface area contributed by atoms with Crippen LogP contribution >= 0.6 is 11.6 Å². The minimum Gasteiger partial charge on any atom is -0.276 e. The van der Waals surface area contributed by atoms with Gasteiger partial charge < -0.3 is 0 Å². The third-order valence-corrected chi connectivity index (χ3v) is 5.05. The number of rotatable bonds is 4. The van der Waals surface area contributed by atoms with Gasteiger partial charge in [-0.2, -0.15) is 0 Å². The van der Waals surface area contributed by atoms with E-state index in [0.717, 1.165) is 39.7 Å². The largest absolute Gasteiger partial charge is 0.276 e. The van der Waals surface area contributed by atoms with Crippen LogP contribution in [0.3, 0.4) is 0 Å². The maximum Gasteiger partial charge on any atom is 0.253 e. The van der Waals surface area contributed by atoms with E-state index in [9.17, 15) is 4.79 Å². The Balaban J connectivity index is 2.18. The number of fused-ring (bicyclic) bond motifs is 1. The molecule has 1 heterocycles. The van der Waals surface area contributed by atoms with Crippen molar-refractivity contribution in [2.75, 3.05) is 0 Å². The lowest BCUT2D eigenvalue weighted by Crippen LogP contribution is -1.98. The zero-order chi connectivity index (χ0) is 18.1. The lowest BCUT2D eigenvalue weighted by molar-refractivity contribution is 0.108. The van der Waals surface area contributed by atoms with E-state index in [2.05, 4.69) is 44.2 Å². The van der Waals surface area contributed by atoms with Crippen LogP contribution in [0.15, 0.2) is 42.5 Å². The molecule has 3 heteroatoms. The maximum absolute atomic E-state index is 12.0. The Hall–Kier alpha value is -2.19. The molecule has 0 saturated heterocycles. The number of hydrogen-bond acceptors (Lipinski definition) is 2. The molecule has 128 valence electrons. The van der Waals surface area contributed by atoms with Crippen LogP contribution in [0.2, 0.25) is 0 Å². The van der Waals surface area contributed by atoms with Crippen molar-refractivity contribution in [3.05, 3.63) is 64.7 Å². The van der Waals surface area contributed by atoms with Gasteiger partial charge in [0.15, 0.2) is 0 Å². The molecule has 1 atom stereocenters. The summed E-state index contributed by atoms with van der Waals surface area (Å²) in [5.41, 5.74) is 6.57. The van der Waals surface area contributed by atoms with Gasteiger partial charge in [-0.25, -0.2) is 4.98 Å². The fraction of sp³-hybridized carbons (Fsp3) is 0.273. The van der Waals surface area contributed by atoms with Gasteiger partial charge in [0.05, 0.1) is 11.2 Å². The second kappa shape index (κ2) is 6.97. The van der Waals surface area contributed by atoms with Crippen molar-refractivity contribution in [3.8, 4) is 11.3 Å². The van der Waals surface area contributed by atoms with E-state index in [-0.39, 0.29) is 0 Å². The molecule has 0 aliphatic carbocycles. The van der Waals surface area contributed by atoms with Crippen molar-refractivity contribution in [2.24, 2.45) is 0 Å². The molecule has 0 aliphatic rings. The van der Waals surface area contributed by atoms with Gasteiger partial charge in [0.2, 0.25) is 0 Å². The average Bonchev–Trinajstić information content (AvgIpc) is 2.60. The summed E-state index contributed by atoms with van der Waals surface area (Å²) in [6.45, 7) is 8.43. The van der Waals surface area contributed by atoms with Crippen molar-refractivity contribution in [3.63, 3.8) is 0 Å². The first-order chi connectivity index (χ1) is 11.9. The molecule has 0 radical (unpaired) electrons. The number of aryl methyl sites for hydroxylation is 2. The van der Waals surface area contributed by atoms with Gasteiger partial charge in [-0.15, -0.1) is 0 Å². The Morgan fingerprint density at radius 2 is 1.80 bits per heavy atom. The second-order valence-electron chi connectivity index (χ2n) is 6.74. The van der Waals surface area contributed by atoms with E-state index in [1.807, 2.05) is 19.9 Å². The van der Waals surface area contributed by atoms with Gasteiger partial charge in [0.1, 0.15) is 0 Å². The molecule has 0 aliphatic heterocycles. The van der Waals surface area contributed by atoms with Crippen LogP contribution in [0.25, 0.3) is 22.2 Å². The van der Waals surface area contributed by atoms with Crippen molar-refractivity contribution in [1.29, 1.82) is 0 Å². The smallest absolute Gasteiger partial charge is 0.253 e. The molecular weight excluding hydrogens is 330 g/mol. The Morgan fingerprint density at radius 1 is 1.12 bits per heavy atom. The third kappa shape index (κ3) is 3.45. The summed E-state index contributed by atoms with van der Waals surface area (Å²) in [6.07, 6.45) is 1.11. The van der Waals surface area contributed by atoms with Gasteiger partial charge >= 0.3 is 0 Å². The number of hydrogen-bond donors (Lipinski definition) is 0. The number of pyridine rings is 1. The standard InChI is InChI=1S/C22H22ClNO/c1-5-14(3)16-6-8-17(9-7-16)20-12-19(22(23)25)18-11-13(2)10-15(4)21(18)24-20/h6-12,14H,5H2,1-4H3/t14-/m0/s1. The molecule has 0 unspecified atom stereocenters. The molecule has 0 bridgehead atoms. The summed E-state index contributed by atoms with van der Waals surface area (Å²) in [5.74, 6) is 0.531. The number of carbonyl (C=O) groups is 1. The van der Waals surface area contributed by atoms with E-state index in [1.165, 1.54) is 5.56 Å². The number of benzene rings is 2. The van der Waals surface area contributed by atoms with Crippen molar-refractivity contribution in [1.82, 2.24) is 4.98 Å². The fourth-order valence-electron chi connectivity index (χ4n) is 3.21. The summed E-state index contributed by atoms with van der Waals surface area (Å²) in [6, 6.07) is 14.3. The zero-order valence-electron chi connectivity index (χ0n) is 15.1. The van der Waals surface area contributed by atoms with E-state index >= 15 is 0 Å². The van der Waals surface area contributed by atoms with E-state index in [1.54, 1.807) is 6.07 Å². The maximum atomic E-state index is 12.0. The highest BCUT2D eigenvalue weighted by molar-refractivity contribution is 6.68. The highest BCUT2D eigenvalue weighted by atomic mass is 35.5. The van der Waals surface area contributed by atoms with Crippen LogP contribution in [0.4, 0.5) is 0 Å². The number of carbonyl (C=O) groups excluding carboxylic acids is 1. The summed E-state index contributed by atoms with van der Waals surface area (Å²) < 4.78 is 0. The molecule has 0 spiro atoms. The van der Waals surface area contributed by atoms with Gasteiger partial charge in [-0.3, -0.25) is 4.79 Å². The van der Waals surface area contributed by atoms with E-state index < -0.39 is 5.24 Å². The minimum absolute atomic E-state index is 0.449. The molecule has 3 rings (SSSR count). The molecule has 0 fully saturated rings. The van der Waals surface area contributed by atoms with Crippen LogP contribution in [0.1, 0.15) is 53.2 Å². The quantitative estimate of drug-likeness (QED) is 0.508. The minimum atomic E-state index is -0.449. The average molecular weight is 352 g/mol. The third-order valence-electron chi connectivity index (χ3n) is 4.85. The lowest BCUT2D eigenvalue weighted by atomic mass is 9.96. The molecule has 1 aromatic heterocycles. The molecule has 25 heavy (non-hydrogen) atoms. The SMILES string of the molecule is CC[C@H](C)c1ccc(-c2cc(C(=O)Cl)c3cc(C)cc(C)c3n2)cc1. The molecule has 0 saturated carbocycles. The number of nitrogens with zero attached hydrogens (tertiary/aromatic N) is 1. The van der Waals surface area contributed by atoms with Gasteiger partial charge in [-0.05, 0) is 61.0 Å². The highest BCUT2D eigenvalue weighted by Gasteiger charge is 2.14. The molecule has 0 amide bonds. The molecule has 2 aromatic carbocycles. The molecule has 2 nitrogen and oxygen atoms in total. The Labute approximate surface area is 153 Å². The summed E-state index contributed by atoms with van der Waals surface area (Å²) in [7, 11) is 0. The van der Waals surface area contributed by atoms with Gasteiger partial charge in [0, 0.05) is 16.5 Å². The summed E-state index contributed by atoms with van der Waals surface area (Å²) in [4.78, 5) is 16.8.